The average molecular weight is 339 g/mol. The number of piperidine rings is 1. The minimum absolute atomic E-state index is 0.0472. The molecule has 2 N–H and O–H groups in total. The summed E-state index contributed by atoms with van der Waals surface area (Å²) in [5.74, 6) is -0.253. The molecule has 6 heteroatoms. The molecule has 2 amide bonds. The van der Waals surface area contributed by atoms with E-state index in [2.05, 4.69) is 10.3 Å². The largest absolute Gasteiger partial charge is 0.349 e. The smallest absolute Gasteiger partial charge is 0.270 e. The summed E-state index contributed by atoms with van der Waals surface area (Å²) in [5.41, 5.74) is 1.64. The van der Waals surface area contributed by atoms with Crippen molar-refractivity contribution in [2.24, 2.45) is 0 Å². The van der Waals surface area contributed by atoms with E-state index in [-0.39, 0.29) is 23.4 Å². The van der Waals surface area contributed by atoms with Gasteiger partial charge in [-0.3, -0.25) is 14.4 Å². The fraction of sp³-hybridized carbons (Fsp3) is 0.316. The molecule has 0 unspecified atom stereocenters. The van der Waals surface area contributed by atoms with Crippen molar-refractivity contribution in [3.63, 3.8) is 0 Å². The fourth-order valence-corrected chi connectivity index (χ4v) is 3.06. The Hall–Kier alpha value is -2.89. The molecule has 1 aromatic carbocycles. The number of aryl methyl sites for hydroxylation is 1. The van der Waals surface area contributed by atoms with Crippen LogP contribution in [0.5, 0.6) is 0 Å². The zero-order chi connectivity index (χ0) is 17.8. The molecule has 1 fully saturated rings. The standard InChI is InChI=1S/C19H21N3O3/c1-13-5-2-3-6-15(13)18(24)20-14-9-11-22(12-10-14)19(25)16-7-4-8-17(23)21-16/h2-8,14H,9-12H2,1H3,(H,20,24)(H,21,23). The Labute approximate surface area is 145 Å². The Morgan fingerprint density at radius 1 is 1.08 bits per heavy atom. The topological polar surface area (TPSA) is 82.3 Å². The zero-order valence-corrected chi connectivity index (χ0v) is 14.1. The van der Waals surface area contributed by atoms with Gasteiger partial charge in [-0.25, -0.2) is 0 Å². The number of likely N-dealkylation sites (tertiary alicyclic amines) is 1. The molecule has 0 spiro atoms. The van der Waals surface area contributed by atoms with E-state index in [0.29, 0.717) is 37.2 Å². The van der Waals surface area contributed by atoms with Gasteiger partial charge in [-0.2, -0.15) is 0 Å². The molecule has 2 heterocycles. The second-order valence-electron chi connectivity index (χ2n) is 6.28. The maximum absolute atomic E-state index is 12.4. The van der Waals surface area contributed by atoms with E-state index in [4.69, 9.17) is 0 Å². The minimum atomic E-state index is -0.286. The quantitative estimate of drug-likeness (QED) is 0.893. The maximum Gasteiger partial charge on any atom is 0.270 e. The van der Waals surface area contributed by atoms with Gasteiger partial charge in [0, 0.05) is 30.8 Å². The lowest BCUT2D eigenvalue weighted by atomic mass is 10.0. The fourth-order valence-electron chi connectivity index (χ4n) is 3.06. The molecule has 0 saturated carbocycles. The van der Waals surface area contributed by atoms with Crippen molar-refractivity contribution in [3.05, 3.63) is 69.6 Å². The molecule has 1 aliphatic rings. The van der Waals surface area contributed by atoms with Crippen molar-refractivity contribution < 1.29 is 9.59 Å². The Balaban J connectivity index is 1.57. The summed E-state index contributed by atoms with van der Waals surface area (Å²) >= 11 is 0. The zero-order valence-electron chi connectivity index (χ0n) is 14.1. The van der Waals surface area contributed by atoms with Crippen LogP contribution in [0.15, 0.2) is 47.3 Å². The van der Waals surface area contributed by atoms with Crippen molar-refractivity contribution >= 4 is 11.8 Å². The van der Waals surface area contributed by atoms with Crippen LogP contribution in [0.25, 0.3) is 0 Å². The van der Waals surface area contributed by atoms with E-state index < -0.39 is 0 Å². The summed E-state index contributed by atoms with van der Waals surface area (Å²) in [6.45, 7) is 3.01. The molecule has 1 saturated heterocycles. The van der Waals surface area contributed by atoms with Gasteiger partial charge in [0.25, 0.3) is 11.8 Å². The van der Waals surface area contributed by atoms with Gasteiger partial charge in [0.2, 0.25) is 5.56 Å². The van der Waals surface area contributed by atoms with Crippen LogP contribution in [0.2, 0.25) is 0 Å². The van der Waals surface area contributed by atoms with Gasteiger partial charge in [0.15, 0.2) is 0 Å². The number of amides is 2. The van der Waals surface area contributed by atoms with Crippen LogP contribution in [-0.2, 0) is 0 Å². The number of hydrogen-bond donors (Lipinski definition) is 2. The second kappa shape index (κ2) is 7.34. The number of carbonyl (C=O) groups excluding carboxylic acids is 2. The average Bonchev–Trinajstić information content (AvgIpc) is 2.62. The Morgan fingerprint density at radius 3 is 2.48 bits per heavy atom. The molecule has 6 nitrogen and oxygen atoms in total. The van der Waals surface area contributed by atoms with E-state index in [9.17, 15) is 14.4 Å². The maximum atomic E-state index is 12.4. The summed E-state index contributed by atoms with van der Waals surface area (Å²) in [5, 5.41) is 3.05. The molecule has 0 radical (unpaired) electrons. The molecule has 0 bridgehead atoms. The van der Waals surface area contributed by atoms with E-state index in [0.717, 1.165) is 5.56 Å². The van der Waals surface area contributed by atoms with Gasteiger partial charge in [-0.1, -0.05) is 24.3 Å². The highest BCUT2D eigenvalue weighted by molar-refractivity contribution is 5.96. The predicted octanol–water partition coefficient (Wildman–Crippen LogP) is 1.72. The third-order valence-electron chi connectivity index (χ3n) is 4.51. The molecule has 0 atom stereocenters. The highest BCUT2D eigenvalue weighted by Gasteiger charge is 2.25. The van der Waals surface area contributed by atoms with Crippen LogP contribution < -0.4 is 10.9 Å². The molecular formula is C19H21N3O3. The van der Waals surface area contributed by atoms with Crippen molar-refractivity contribution in [1.82, 2.24) is 15.2 Å². The normalized spacial score (nSPS) is 15.0. The number of nitrogens with zero attached hydrogens (tertiary/aromatic N) is 1. The summed E-state index contributed by atoms with van der Waals surface area (Å²) in [7, 11) is 0. The molecule has 3 rings (SSSR count). The number of hydrogen-bond acceptors (Lipinski definition) is 3. The number of benzene rings is 1. The number of rotatable bonds is 3. The number of aromatic nitrogens is 1. The van der Waals surface area contributed by atoms with Crippen LogP contribution in [0.1, 0.15) is 39.3 Å². The van der Waals surface area contributed by atoms with Gasteiger partial charge in [-0.15, -0.1) is 0 Å². The first kappa shape index (κ1) is 17.0. The summed E-state index contributed by atoms with van der Waals surface area (Å²) in [6.07, 6.45) is 1.39. The van der Waals surface area contributed by atoms with Crippen LogP contribution in [0, 0.1) is 6.92 Å². The van der Waals surface area contributed by atoms with E-state index in [1.807, 2.05) is 31.2 Å². The molecule has 0 aliphatic carbocycles. The summed E-state index contributed by atoms with van der Waals surface area (Å²) < 4.78 is 0. The lowest BCUT2D eigenvalue weighted by Gasteiger charge is -2.32. The van der Waals surface area contributed by atoms with E-state index in [1.165, 1.54) is 6.07 Å². The van der Waals surface area contributed by atoms with Crippen LogP contribution in [0.3, 0.4) is 0 Å². The second-order valence-corrected chi connectivity index (χ2v) is 6.28. The number of carbonyl (C=O) groups is 2. The molecule has 1 aliphatic heterocycles. The Bertz CT molecular complexity index is 836. The molecule has 25 heavy (non-hydrogen) atoms. The van der Waals surface area contributed by atoms with Crippen LogP contribution >= 0.6 is 0 Å². The number of nitrogens with one attached hydrogen (secondary N) is 2. The minimum Gasteiger partial charge on any atom is -0.349 e. The predicted molar refractivity (Wildman–Crippen MR) is 94.6 cm³/mol. The molecule has 2 aromatic rings. The Kier molecular flexibility index (Phi) is 4.97. The molecule has 130 valence electrons. The lowest BCUT2D eigenvalue weighted by Crippen LogP contribution is -2.47. The van der Waals surface area contributed by atoms with Gasteiger partial charge in [-0.05, 0) is 37.5 Å². The van der Waals surface area contributed by atoms with Gasteiger partial charge >= 0.3 is 0 Å². The van der Waals surface area contributed by atoms with Crippen molar-refractivity contribution in [2.75, 3.05) is 13.1 Å². The monoisotopic (exact) mass is 339 g/mol. The summed E-state index contributed by atoms with van der Waals surface area (Å²) in [6, 6.07) is 12.1. The SMILES string of the molecule is Cc1ccccc1C(=O)NC1CCN(C(=O)c2cccc(=O)[nH]2)CC1. The van der Waals surface area contributed by atoms with Crippen molar-refractivity contribution in [1.29, 1.82) is 0 Å². The number of H-pyrrole nitrogens is 1. The first-order chi connectivity index (χ1) is 12.0. The van der Waals surface area contributed by atoms with Crippen LogP contribution in [0.4, 0.5) is 0 Å². The number of aromatic amines is 1. The highest BCUT2D eigenvalue weighted by Crippen LogP contribution is 2.14. The summed E-state index contributed by atoms with van der Waals surface area (Å²) in [4.78, 5) is 40.4. The van der Waals surface area contributed by atoms with Crippen molar-refractivity contribution in [2.45, 2.75) is 25.8 Å². The van der Waals surface area contributed by atoms with Crippen molar-refractivity contribution in [3.8, 4) is 0 Å². The molecule has 1 aromatic heterocycles. The lowest BCUT2D eigenvalue weighted by molar-refractivity contribution is 0.0692. The van der Waals surface area contributed by atoms with Crippen LogP contribution in [-0.4, -0.2) is 40.8 Å². The highest BCUT2D eigenvalue weighted by atomic mass is 16.2. The van der Waals surface area contributed by atoms with E-state index >= 15 is 0 Å². The van der Waals surface area contributed by atoms with Gasteiger partial charge in [0.05, 0.1) is 0 Å². The first-order valence-corrected chi connectivity index (χ1v) is 8.39. The van der Waals surface area contributed by atoms with Gasteiger partial charge in [0.1, 0.15) is 5.69 Å². The third kappa shape index (κ3) is 3.96. The Morgan fingerprint density at radius 2 is 1.80 bits per heavy atom. The van der Waals surface area contributed by atoms with Gasteiger partial charge < -0.3 is 15.2 Å². The van der Waals surface area contributed by atoms with E-state index in [1.54, 1.807) is 17.0 Å². The number of pyridine rings is 1. The third-order valence-corrected chi connectivity index (χ3v) is 4.51. The molecular weight excluding hydrogens is 318 g/mol. The first-order valence-electron chi connectivity index (χ1n) is 8.39.